The molecule has 0 N–H and O–H groups in total. The van der Waals surface area contributed by atoms with Crippen LogP contribution >= 0.6 is 0 Å². The summed E-state index contributed by atoms with van der Waals surface area (Å²) in [5, 5.41) is 0. The Morgan fingerprint density at radius 1 is 1.04 bits per heavy atom. The smallest absolute Gasteiger partial charge is 0.253 e. The number of fused-ring (bicyclic) bond motifs is 2. The molecule has 1 aliphatic carbocycles. The van der Waals surface area contributed by atoms with Crippen LogP contribution in [0.5, 0.6) is 0 Å². The summed E-state index contributed by atoms with van der Waals surface area (Å²) in [4.78, 5) is 20.5. The number of amides is 1. The minimum Gasteiger partial charge on any atom is -0.378 e. The summed E-state index contributed by atoms with van der Waals surface area (Å²) in [6, 6.07) is 10.9. The lowest BCUT2D eigenvalue weighted by molar-refractivity contribution is -0.165. The van der Waals surface area contributed by atoms with E-state index in [9.17, 15) is 4.79 Å². The monoisotopic (exact) mass is 355 g/mol. The van der Waals surface area contributed by atoms with Gasteiger partial charge in [-0.25, -0.2) is 0 Å². The highest BCUT2D eigenvalue weighted by Gasteiger charge is 2.56. The van der Waals surface area contributed by atoms with Gasteiger partial charge < -0.3 is 9.64 Å². The van der Waals surface area contributed by atoms with Gasteiger partial charge in [0, 0.05) is 44.3 Å². The van der Waals surface area contributed by atoms with E-state index in [-0.39, 0.29) is 11.4 Å². The highest BCUT2D eigenvalue weighted by Crippen LogP contribution is 2.39. The van der Waals surface area contributed by atoms with Crippen molar-refractivity contribution in [2.45, 2.75) is 43.3 Å². The molecule has 0 bridgehead atoms. The average molecular weight is 355 g/mol. The lowest BCUT2D eigenvalue weighted by Gasteiger charge is -2.64. The Morgan fingerprint density at radius 3 is 2.58 bits per heavy atom. The summed E-state index contributed by atoms with van der Waals surface area (Å²) in [6.45, 7) is 6.48. The fraction of sp³-hybridized carbons (Fsp3) is 0.667. The van der Waals surface area contributed by atoms with Crippen LogP contribution in [0.1, 0.15) is 36.0 Å². The first-order valence-corrected chi connectivity index (χ1v) is 10.2. The van der Waals surface area contributed by atoms with Crippen molar-refractivity contribution in [1.29, 1.82) is 0 Å². The number of nitrogens with zero attached hydrogens (tertiary/aromatic N) is 3. The van der Waals surface area contributed by atoms with Crippen LogP contribution in [-0.2, 0) is 4.74 Å². The first-order chi connectivity index (χ1) is 12.8. The van der Waals surface area contributed by atoms with E-state index in [4.69, 9.17) is 4.74 Å². The number of likely N-dealkylation sites (tertiary alicyclic amines) is 1. The van der Waals surface area contributed by atoms with Crippen LogP contribution in [0.3, 0.4) is 0 Å². The third-order valence-electron chi connectivity index (χ3n) is 6.90. The average Bonchev–Trinajstić information content (AvgIpc) is 3.19. The van der Waals surface area contributed by atoms with Gasteiger partial charge in [0.1, 0.15) is 0 Å². The molecule has 1 unspecified atom stereocenters. The summed E-state index contributed by atoms with van der Waals surface area (Å²) in [5.74, 6) is 0.175. The Morgan fingerprint density at radius 2 is 1.81 bits per heavy atom. The van der Waals surface area contributed by atoms with E-state index < -0.39 is 0 Å². The van der Waals surface area contributed by atoms with E-state index >= 15 is 0 Å². The molecule has 4 aliphatic rings. The molecular formula is C21H29N3O2. The second-order valence-electron chi connectivity index (χ2n) is 8.54. The largest absolute Gasteiger partial charge is 0.378 e. The Balaban J connectivity index is 1.36. The van der Waals surface area contributed by atoms with Crippen LogP contribution in [0, 0.1) is 0 Å². The van der Waals surface area contributed by atoms with Crippen LogP contribution in [0.4, 0.5) is 0 Å². The Bertz CT molecular complexity index is 652. The quantitative estimate of drug-likeness (QED) is 0.811. The number of carbonyl (C=O) groups is 1. The van der Waals surface area contributed by atoms with Crippen molar-refractivity contribution in [1.82, 2.24) is 14.7 Å². The zero-order valence-electron chi connectivity index (χ0n) is 15.5. The second-order valence-corrected chi connectivity index (χ2v) is 8.54. The molecule has 5 heteroatoms. The number of ether oxygens (including phenoxy) is 1. The zero-order chi connectivity index (χ0) is 17.6. The highest BCUT2D eigenvalue weighted by molar-refractivity contribution is 5.94. The molecule has 1 spiro atoms. The number of piperazine rings is 1. The summed E-state index contributed by atoms with van der Waals surface area (Å²) in [7, 11) is 0. The van der Waals surface area contributed by atoms with Gasteiger partial charge >= 0.3 is 0 Å². The number of morpholine rings is 1. The van der Waals surface area contributed by atoms with Gasteiger partial charge in [-0.1, -0.05) is 31.0 Å². The predicted molar refractivity (Wildman–Crippen MR) is 100 cm³/mol. The first kappa shape index (κ1) is 16.7. The lowest BCUT2D eigenvalue weighted by atomic mass is 9.81. The van der Waals surface area contributed by atoms with Crippen molar-refractivity contribution in [3.05, 3.63) is 35.9 Å². The Labute approximate surface area is 155 Å². The van der Waals surface area contributed by atoms with E-state index in [1.54, 1.807) is 0 Å². The highest BCUT2D eigenvalue weighted by atomic mass is 16.5. The summed E-state index contributed by atoms with van der Waals surface area (Å²) < 4.78 is 5.77. The van der Waals surface area contributed by atoms with Crippen molar-refractivity contribution >= 4 is 5.91 Å². The summed E-state index contributed by atoms with van der Waals surface area (Å²) >= 11 is 0. The lowest BCUT2D eigenvalue weighted by Crippen LogP contribution is -2.81. The maximum absolute atomic E-state index is 13.1. The maximum atomic E-state index is 13.1. The molecule has 3 saturated heterocycles. The fourth-order valence-corrected chi connectivity index (χ4v) is 5.63. The SMILES string of the molecule is O=C(c1ccccc1)N1CC2COCCN2C2(C1)CN(C1CCCC1)C2. The number of carbonyl (C=O) groups excluding carboxylic acids is 1. The van der Waals surface area contributed by atoms with Gasteiger partial charge in [-0.15, -0.1) is 0 Å². The Kier molecular flexibility index (Phi) is 4.26. The molecule has 26 heavy (non-hydrogen) atoms. The summed E-state index contributed by atoms with van der Waals surface area (Å²) in [5.41, 5.74) is 0.944. The van der Waals surface area contributed by atoms with Crippen LogP contribution in [0.25, 0.3) is 0 Å². The number of benzene rings is 1. The molecule has 0 radical (unpaired) electrons. The Hall–Kier alpha value is -1.43. The third kappa shape index (κ3) is 2.77. The van der Waals surface area contributed by atoms with Crippen molar-refractivity contribution < 1.29 is 9.53 Å². The van der Waals surface area contributed by atoms with Crippen molar-refractivity contribution in [2.75, 3.05) is 45.9 Å². The van der Waals surface area contributed by atoms with Crippen molar-refractivity contribution in [2.24, 2.45) is 0 Å². The van der Waals surface area contributed by atoms with Gasteiger partial charge in [-0.05, 0) is 25.0 Å². The van der Waals surface area contributed by atoms with Crippen molar-refractivity contribution in [3.8, 4) is 0 Å². The van der Waals surface area contributed by atoms with Gasteiger partial charge in [-0.3, -0.25) is 14.6 Å². The van der Waals surface area contributed by atoms with E-state index in [0.29, 0.717) is 6.04 Å². The van der Waals surface area contributed by atoms with Crippen LogP contribution in [0.15, 0.2) is 30.3 Å². The van der Waals surface area contributed by atoms with Gasteiger partial charge in [0.2, 0.25) is 0 Å². The number of rotatable bonds is 2. The molecule has 0 aromatic heterocycles. The zero-order valence-corrected chi connectivity index (χ0v) is 15.5. The predicted octanol–water partition coefficient (Wildman–Crippen LogP) is 1.84. The van der Waals surface area contributed by atoms with Gasteiger partial charge in [-0.2, -0.15) is 0 Å². The molecule has 5 rings (SSSR count). The molecule has 1 atom stereocenters. The van der Waals surface area contributed by atoms with E-state index in [1.165, 1.54) is 25.7 Å². The third-order valence-corrected chi connectivity index (χ3v) is 6.90. The van der Waals surface area contributed by atoms with E-state index in [2.05, 4.69) is 14.7 Å². The molecule has 1 saturated carbocycles. The first-order valence-electron chi connectivity index (χ1n) is 10.2. The topological polar surface area (TPSA) is 36.0 Å². The molecular weight excluding hydrogens is 326 g/mol. The normalized spacial score (nSPS) is 29.5. The fourth-order valence-electron chi connectivity index (χ4n) is 5.63. The van der Waals surface area contributed by atoms with Gasteiger partial charge in [0.25, 0.3) is 5.91 Å². The van der Waals surface area contributed by atoms with Gasteiger partial charge in [0.15, 0.2) is 0 Å². The molecule has 3 heterocycles. The maximum Gasteiger partial charge on any atom is 0.253 e. The van der Waals surface area contributed by atoms with E-state index in [0.717, 1.165) is 57.5 Å². The minimum absolute atomic E-state index is 0.139. The van der Waals surface area contributed by atoms with Crippen LogP contribution < -0.4 is 0 Å². The van der Waals surface area contributed by atoms with Gasteiger partial charge in [0.05, 0.1) is 24.8 Å². The molecule has 1 amide bonds. The minimum atomic E-state index is 0.139. The van der Waals surface area contributed by atoms with Crippen LogP contribution in [0.2, 0.25) is 0 Å². The molecule has 1 aromatic carbocycles. The van der Waals surface area contributed by atoms with E-state index in [1.807, 2.05) is 30.3 Å². The van der Waals surface area contributed by atoms with Crippen molar-refractivity contribution in [3.63, 3.8) is 0 Å². The summed E-state index contributed by atoms with van der Waals surface area (Å²) in [6.07, 6.45) is 5.48. The standard InChI is InChI=1S/C21H29N3O2/c25-20(17-6-2-1-3-7-17)22-12-19-13-26-11-10-24(19)21(14-22)15-23(16-21)18-8-4-5-9-18/h1-3,6-7,18-19H,4-5,8-16H2. The number of hydrogen-bond acceptors (Lipinski definition) is 4. The second kappa shape index (κ2) is 6.63. The number of hydrogen-bond donors (Lipinski definition) is 0. The molecule has 5 nitrogen and oxygen atoms in total. The molecule has 3 aliphatic heterocycles. The molecule has 4 fully saturated rings. The van der Waals surface area contributed by atoms with Crippen LogP contribution in [-0.4, -0.2) is 84.2 Å². The molecule has 140 valence electrons. The molecule has 1 aromatic rings.